The van der Waals surface area contributed by atoms with E-state index in [2.05, 4.69) is 5.32 Å². The topological polar surface area (TPSA) is 102 Å². The van der Waals surface area contributed by atoms with E-state index in [0.717, 1.165) is 11.1 Å². The first kappa shape index (κ1) is 29.6. The summed E-state index contributed by atoms with van der Waals surface area (Å²) in [6.45, 7) is 2.53. The lowest BCUT2D eigenvalue weighted by atomic mass is 10.1. The number of esters is 1. The minimum atomic E-state index is -3.79. The van der Waals surface area contributed by atoms with Crippen LogP contribution >= 0.6 is 24.0 Å². The summed E-state index contributed by atoms with van der Waals surface area (Å²) in [5, 5.41) is 14.1. The maximum absolute atomic E-state index is 13.2. The van der Waals surface area contributed by atoms with Crippen molar-refractivity contribution in [1.29, 1.82) is 0 Å². The predicted octanol–water partition coefficient (Wildman–Crippen LogP) is 4.40. The highest BCUT2D eigenvalue weighted by Gasteiger charge is 2.19. The van der Waals surface area contributed by atoms with E-state index in [1.165, 1.54) is 12.1 Å². The Kier molecular flexibility index (Phi) is 11.7. The molecule has 0 aliphatic carbocycles. The van der Waals surface area contributed by atoms with E-state index >= 15 is 0 Å². The molecular weight excluding hydrogens is 525 g/mol. The summed E-state index contributed by atoms with van der Waals surface area (Å²) in [7, 11) is -3.79. The Morgan fingerprint density at radius 3 is 2.44 bits per heavy atom. The van der Waals surface area contributed by atoms with Crippen LogP contribution in [0.3, 0.4) is 0 Å². The number of ether oxygens (including phenoxy) is 2. The van der Waals surface area contributed by atoms with Gasteiger partial charge in [-0.2, -0.15) is 0 Å². The molecule has 3 aromatic carbocycles. The molecular formula is C26H29Cl2NO6S. The fourth-order valence-corrected chi connectivity index (χ4v) is 4.95. The van der Waals surface area contributed by atoms with E-state index in [-0.39, 0.29) is 41.2 Å². The first-order chi connectivity index (χ1) is 16.8. The van der Waals surface area contributed by atoms with E-state index in [0.29, 0.717) is 24.5 Å². The Labute approximate surface area is 222 Å². The molecule has 10 heteroatoms. The van der Waals surface area contributed by atoms with Gasteiger partial charge in [-0.05, 0) is 73.5 Å². The van der Waals surface area contributed by atoms with Crippen LogP contribution in [0.2, 0.25) is 5.02 Å². The van der Waals surface area contributed by atoms with Crippen molar-refractivity contribution in [2.45, 2.75) is 29.2 Å². The largest absolute Gasteiger partial charge is 0.482 e. The molecule has 2 N–H and O–H groups in total. The van der Waals surface area contributed by atoms with Gasteiger partial charge in [0.25, 0.3) is 0 Å². The van der Waals surface area contributed by atoms with E-state index in [1.54, 1.807) is 55.5 Å². The second-order valence-electron chi connectivity index (χ2n) is 7.74. The van der Waals surface area contributed by atoms with Crippen LogP contribution in [0, 0.1) is 0 Å². The molecule has 0 saturated heterocycles. The molecule has 3 aromatic rings. The third-order valence-corrected chi connectivity index (χ3v) is 7.13. The minimum Gasteiger partial charge on any atom is -0.482 e. The Morgan fingerprint density at radius 1 is 1.03 bits per heavy atom. The number of nitrogens with one attached hydrogen (secondary N) is 1. The minimum absolute atomic E-state index is 0. The normalized spacial score (nSPS) is 11.9. The zero-order chi connectivity index (χ0) is 25.3. The quantitative estimate of drug-likeness (QED) is 0.253. The molecule has 0 aromatic heterocycles. The summed E-state index contributed by atoms with van der Waals surface area (Å²) in [5.74, 6) is -0.264. The zero-order valence-electron chi connectivity index (χ0n) is 19.7. The fourth-order valence-electron chi connectivity index (χ4n) is 3.38. The van der Waals surface area contributed by atoms with Crippen LogP contribution < -0.4 is 10.1 Å². The number of rotatable bonds is 12. The van der Waals surface area contributed by atoms with Crippen molar-refractivity contribution >= 4 is 39.8 Å². The number of aliphatic hydroxyl groups is 1. The molecule has 1 atom stereocenters. The van der Waals surface area contributed by atoms with Gasteiger partial charge in [-0.15, -0.1) is 12.4 Å². The SMILES string of the molecule is CCOC(=O)COc1cccc(S(=O)(=O)c2cccc(CCNC[C@H](O)c3cccc(Cl)c3)c2)c1.Cl. The Hall–Kier alpha value is -2.62. The highest BCUT2D eigenvalue weighted by molar-refractivity contribution is 7.91. The van der Waals surface area contributed by atoms with Gasteiger partial charge in [-0.25, -0.2) is 13.2 Å². The molecule has 0 radical (unpaired) electrons. The summed E-state index contributed by atoms with van der Waals surface area (Å²) in [4.78, 5) is 11.7. The third-order valence-electron chi connectivity index (χ3n) is 5.15. The van der Waals surface area contributed by atoms with Gasteiger partial charge in [0, 0.05) is 11.6 Å². The van der Waals surface area contributed by atoms with Gasteiger partial charge in [-0.3, -0.25) is 0 Å². The summed E-state index contributed by atoms with van der Waals surface area (Å²) in [6, 6.07) is 19.8. The molecule has 194 valence electrons. The van der Waals surface area contributed by atoms with Crippen molar-refractivity contribution in [1.82, 2.24) is 5.32 Å². The fraction of sp³-hybridized carbons (Fsp3) is 0.269. The monoisotopic (exact) mass is 553 g/mol. The Morgan fingerprint density at radius 2 is 1.72 bits per heavy atom. The van der Waals surface area contributed by atoms with E-state index in [1.807, 2.05) is 12.1 Å². The number of sulfone groups is 1. The van der Waals surface area contributed by atoms with Crippen molar-refractivity contribution in [3.05, 3.63) is 88.9 Å². The van der Waals surface area contributed by atoms with E-state index in [9.17, 15) is 18.3 Å². The molecule has 36 heavy (non-hydrogen) atoms. The molecule has 0 heterocycles. The van der Waals surface area contributed by atoms with Gasteiger partial charge in [0.15, 0.2) is 6.61 Å². The molecule has 7 nitrogen and oxygen atoms in total. The lowest BCUT2D eigenvalue weighted by Crippen LogP contribution is -2.23. The standard InChI is InChI=1S/C26H28ClNO6S.ClH/c1-2-33-26(30)18-34-22-9-5-11-24(16-22)35(31,32)23-10-3-6-19(14-23)12-13-28-17-25(29)20-7-4-8-21(27)15-20;/h3-11,14-16,25,28-29H,2,12-13,17-18H2,1H3;1H/t25-;/m0./s1. The van der Waals surface area contributed by atoms with Gasteiger partial charge in [0.1, 0.15) is 5.75 Å². The van der Waals surface area contributed by atoms with Crippen molar-refractivity contribution < 1.29 is 27.8 Å². The second-order valence-corrected chi connectivity index (χ2v) is 10.1. The smallest absolute Gasteiger partial charge is 0.344 e. The first-order valence-corrected chi connectivity index (χ1v) is 13.0. The molecule has 0 aliphatic rings. The van der Waals surface area contributed by atoms with E-state index < -0.39 is 21.9 Å². The molecule has 0 spiro atoms. The predicted molar refractivity (Wildman–Crippen MR) is 141 cm³/mol. The number of aliphatic hydroxyl groups excluding tert-OH is 1. The van der Waals surface area contributed by atoms with Crippen molar-refractivity contribution in [3.63, 3.8) is 0 Å². The Bertz CT molecular complexity index is 1250. The maximum atomic E-state index is 13.2. The molecule has 0 bridgehead atoms. The molecule has 0 amide bonds. The average Bonchev–Trinajstić information content (AvgIpc) is 2.86. The highest BCUT2D eigenvalue weighted by atomic mass is 35.5. The molecule has 3 rings (SSSR count). The number of benzene rings is 3. The van der Waals surface area contributed by atoms with Gasteiger partial charge in [0.2, 0.25) is 9.84 Å². The van der Waals surface area contributed by atoms with Crippen LogP contribution in [-0.2, 0) is 25.8 Å². The summed E-state index contributed by atoms with van der Waals surface area (Å²) in [5.41, 5.74) is 1.57. The van der Waals surface area contributed by atoms with Crippen LogP contribution in [0.5, 0.6) is 5.75 Å². The molecule has 0 unspecified atom stereocenters. The molecule has 0 fully saturated rings. The number of carbonyl (C=O) groups is 1. The molecule has 0 saturated carbocycles. The summed E-state index contributed by atoms with van der Waals surface area (Å²) < 4.78 is 36.5. The van der Waals surface area contributed by atoms with Gasteiger partial charge >= 0.3 is 5.97 Å². The molecule has 0 aliphatic heterocycles. The van der Waals surface area contributed by atoms with Crippen LogP contribution in [-0.4, -0.2) is 45.8 Å². The number of hydrogen-bond acceptors (Lipinski definition) is 7. The van der Waals surface area contributed by atoms with Crippen molar-refractivity contribution in [2.75, 3.05) is 26.3 Å². The van der Waals surface area contributed by atoms with Crippen molar-refractivity contribution in [2.24, 2.45) is 0 Å². The summed E-state index contributed by atoms with van der Waals surface area (Å²) in [6.07, 6.45) is -0.118. The van der Waals surface area contributed by atoms with Gasteiger partial charge in [-0.1, -0.05) is 41.9 Å². The van der Waals surface area contributed by atoms with Crippen LogP contribution in [0.4, 0.5) is 0 Å². The van der Waals surface area contributed by atoms with Crippen LogP contribution in [0.15, 0.2) is 82.6 Å². The first-order valence-electron chi connectivity index (χ1n) is 11.2. The van der Waals surface area contributed by atoms with E-state index in [4.69, 9.17) is 21.1 Å². The second kappa shape index (κ2) is 14.2. The maximum Gasteiger partial charge on any atom is 0.344 e. The van der Waals surface area contributed by atoms with Gasteiger partial charge in [0.05, 0.1) is 22.5 Å². The summed E-state index contributed by atoms with van der Waals surface area (Å²) >= 11 is 5.97. The lowest BCUT2D eigenvalue weighted by Gasteiger charge is -2.13. The number of hydrogen-bond donors (Lipinski definition) is 2. The number of halogens is 2. The lowest BCUT2D eigenvalue weighted by molar-refractivity contribution is -0.145. The van der Waals surface area contributed by atoms with Crippen LogP contribution in [0.1, 0.15) is 24.2 Å². The van der Waals surface area contributed by atoms with Crippen LogP contribution in [0.25, 0.3) is 0 Å². The highest BCUT2D eigenvalue weighted by Crippen LogP contribution is 2.25. The third kappa shape index (κ3) is 8.50. The number of carbonyl (C=O) groups excluding carboxylic acids is 1. The zero-order valence-corrected chi connectivity index (χ0v) is 22.1. The average molecular weight is 554 g/mol. The van der Waals surface area contributed by atoms with Gasteiger partial charge < -0.3 is 19.9 Å². The van der Waals surface area contributed by atoms with Crippen molar-refractivity contribution in [3.8, 4) is 5.75 Å². The Balaban J connectivity index is 0.00000456.